The Morgan fingerprint density at radius 1 is 1.13 bits per heavy atom. The summed E-state index contributed by atoms with van der Waals surface area (Å²) >= 11 is 0. The van der Waals surface area contributed by atoms with Gasteiger partial charge in [-0.3, -0.25) is 4.90 Å². The lowest BCUT2D eigenvalue weighted by atomic mass is 9.85. The molecule has 0 radical (unpaired) electrons. The first-order valence-corrected chi connectivity index (χ1v) is 6.18. The highest BCUT2D eigenvalue weighted by Crippen LogP contribution is 2.26. The number of nitrogens with two attached hydrogens (primary N) is 1. The Labute approximate surface area is 96.2 Å². The number of hydrogen-bond acceptors (Lipinski definition) is 2. The minimum absolute atomic E-state index is 0.119. The van der Waals surface area contributed by atoms with E-state index in [2.05, 4.69) is 53.5 Å². The first-order valence-electron chi connectivity index (χ1n) is 6.18. The fourth-order valence-corrected chi connectivity index (χ4v) is 2.13. The van der Waals surface area contributed by atoms with Crippen molar-refractivity contribution in [3.05, 3.63) is 0 Å². The van der Waals surface area contributed by atoms with Crippen LogP contribution in [0.5, 0.6) is 0 Å². The van der Waals surface area contributed by atoms with Crippen molar-refractivity contribution in [1.82, 2.24) is 4.90 Å². The zero-order valence-corrected chi connectivity index (χ0v) is 11.7. The van der Waals surface area contributed by atoms with E-state index in [0.717, 1.165) is 12.5 Å². The second kappa shape index (κ2) is 5.86. The summed E-state index contributed by atoms with van der Waals surface area (Å²) in [7, 11) is 2.21. The maximum atomic E-state index is 5.94. The highest BCUT2D eigenvalue weighted by Gasteiger charge is 2.33. The van der Waals surface area contributed by atoms with Crippen molar-refractivity contribution >= 4 is 0 Å². The molecule has 0 aliphatic carbocycles. The maximum absolute atomic E-state index is 5.94. The van der Waals surface area contributed by atoms with Crippen LogP contribution in [0.15, 0.2) is 0 Å². The highest BCUT2D eigenvalue weighted by molar-refractivity contribution is 4.91. The normalized spacial score (nSPS) is 18.6. The number of hydrogen-bond donors (Lipinski definition) is 1. The van der Waals surface area contributed by atoms with Crippen LogP contribution in [0.25, 0.3) is 0 Å². The van der Waals surface area contributed by atoms with Gasteiger partial charge in [0.05, 0.1) is 0 Å². The SMILES string of the molecule is CC(C)CC(C)N(C)C(C)(CN)C(C)C. The summed E-state index contributed by atoms with van der Waals surface area (Å²) in [5.74, 6) is 1.33. The Hall–Kier alpha value is -0.0800. The molecule has 0 heterocycles. The van der Waals surface area contributed by atoms with Crippen molar-refractivity contribution < 1.29 is 0 Å². The molecule has 2 unspecified atom stereocenters. The maximum Gasteiger partial charge on any atom is 0.0326 e. The van der Waals surface area contributed by atoms with Crippen molar-refractivity contribution in [3.63, 3.8) is 0 Å². The van der Waals surface area contributed by atoms with E-state index < -0.39 is 0 Å². The standard InChI is InChI=1S/C13H30N2/c1-10(2)8-12(5)15(7)13(6,9-14)11(3)4/h10-12H,8-9,14H2,1-7H3. The van der Waals surface area contributed by atoms with E-state index in [9.17, 15) is 0 Å². The molecule has 0 fully saturated rings. The summed E-state index contributed by atoms with van der Waals surface area (Å²) in [5.41, 5.74) is 6.06. The molecule has 0 aromatic carbocycles. The summed E-state index contributed by atoms with van der Waals surface area (Å²) in [4.78, 5) is 2.46. The van der Waals surface area contributed by atoms with E-state index in [1.54, 1.807) is 0 Å². The average molecular weight is 214 g/mol. The van der Waals surface area contributed by atoms with Crippen molar-refractivity contribution in [1.29, 1.82) is 0 Å². The summed E-state index contributed by atoms with van der Waals surface area (Å²) < 4.78 is 0. The summed E-state index contributed by atoms with van der Waals surface area (Å²) in [6.07, 6.45) is 1.23. The van der Waals surface area contributed by atoms with Crippen LogP contribution in [-0.2, 0) is 0 Å². The van der Waals surface area contributed by atoms with Gasteiger partial charge in [0, 0.05) is 18.1 Å². The van der Waals surface area contributed by atoms with E-state index in [-0.39, 0.29) is 5.54 Å². The second-order valence-electron chi connectivity index (χ2n) is 5.81. The Morgan fingerprint density at radius 3 is 1.87 bits per heavy atom. The first kappa shape index (κ1) is 14.9. The van der Waals surface area contributed by atoms with Gasteiger partial charge in [0.25, 0.3) is 0 Å². The molecule has 0 aliphatic rings. The lowest BCUT2D eigenvalue weighted by Crippen LogP contribution is -2.56. The van der Waals surface area contributed by atoms with E-state index >= 15 is 0 Å². The van der Waals surface area contributed by atoms with Crippen LogP contribution in [0.3, 0.4) is 0 Å². The molecule has 2 heteroatoms. The fourth-order valence-electron chi connectivity index (χ4n) is 2.13. The van der Waals surface area contributed by atoms with E-state index in [4.69, 9.17) is 5.73 Å². The molecule has 0 spiro atoms. The fraction of sp³-hybridized carbons (Fsp3) is 1.00. The molecule has 0 amide bonds. The predicted octanol–water partition coefficient (Wildman–Crippen LogP) is 2.73. The quantitative estimate of drug-likeness (QED) is 0.736. The van der Waals surface area contributed by atoms with Gasteiger partial charge in [-0.2, -0.15) is 0 Å². The summed E-state index contributed by atoms with van der Waals surface area (Å²) in [5, 5.41) is 0. The molecule has 0 aliphatic heterocycles. The van der Waals surface area contributed by atoms with Gasteiger partial charge in [0.1, 0.15) is 0 Å². The monoisotopic (exact) mass is 214 g/mol. The Kier molecular flexibility index (Phi) is 5.82. The molecule has 2 nitrogen and oxygen atoms in total. The number of likely N-dealkylation sites (N-methyl/N-ethyl adjacent to an activating group) is 1. The molecule has 2 N–H and O–H groups in total. The van der Waals surface area contributed by atoms with Gasteiger partial charge in [-0.1, -0.05) is 27.7 Å². The van der Waals surface area contributed by atoms with Crippen LogP contribution >= 0.6 is 0 Å². The van der Waals surface area contributed by atoms with Gasteiger partial charge in [-0.15, -0.1) is 0 Å². The number of nitrogens with zero attached hydrogens (tertiary/aromatic N) is 1. The molecule has 0 aromatic rings. The van der Waals surface area contributed by atoms with Crippen LogP contribution in [0, 0.1) is 11.8 Å². The van der Waals surface area contributed by atoms with Crippen LogP contribution < -0.4 is 5.73 Å². The van der Waals surface area contributed by atoms with Gasteiger partial charge in [-0.25, -0.2) is 0 Å². The van der Waals surface area contributed by atoms with Crippen molar-refractivity contribution in [3.8, 4) is 0 Å². The zero-order valence-electron chi connectivity index (χ0n) is 11.7. The third-order valence-corrected chi connectivity index (χ3v) is 3.94. The number of rotatable bonds is 6. The molecular formula is C13H30N2. The Bertz CT molecular complexity index is 177. The second-order valence-corrected chi connectivity index (χ2v) is 5.81. The van der Waals surface area contributed by atoms with E-state index in [1.807, 2.05) is 0 Å². The minimum Gasteiger partial charge on any atom is -0.329 e. The first-order chi connectivity index (χ1) is 6.75. The third kappa shape index (κ3) is 3.76. The molecular weight excluding hydrogens is 184 g/mol. The van der Waals surface area contributed by atoms with Crippen molar-refractivity contribution in [2.75, 3.05) is 13.6 Å². The van der Waals surface area contributed by atoms with E-state index in [1.165, 1.54) is 6.42 Å². The molecule has 92 valence electrons. The largest absolute Gasteiger partial charge is 0.329 e. The lowest BCUT2D eigenvalue weighted by molar-refractivity contribution is 0.0510. The molecule has 0 saturated heterocycles. The summed E-state index contributed by atoms with van der Waals surface area (Å²) in [6.45, 7) is 14.4. The molecule has 2 atom stereocenters. The van der Waals surface area contributed by atoms with Crippen LogP contribution in [0.2, 0.25) is 0 Å². The van der Waals surface area contributed by atoms with Gasteiger partial charge in [-0.05, 0) is 39.2 Å². The molecule has 0 rings (SSSR count). The minimum atomic E-state index is 0.119. The molecule has 15 heavy (non-hydrogen) atoms. The van der Waals surface area contributed by atoms with Crippen molar-refractivity contribution in [2.45, 2.75) is 59.5 Å². The highest BCUT2D eigenvalue weighted by atomic mass is 15.2. The Balaban J connectivity index is 4.57. The Morgan fingerprint density at radius 2 is 1.60 bits per heavy atom. The van der Waals surface area contributed by atoms with Gasteiger partial charge >= 0.3 is 0 Å². The van der Waals surface area contributed by atoms with Gasteiger partial charge in [0.2, 0.25) is 0 Å². The van der Waals surface area contributed by atoms with Crippen LogP contribution in [0.1, 0.15) is 48.0 Å². The molecule has 0 aromatic heterocycles. The van der Waals surface area contributed by atoms with Crippen LogP contribution in [-0.4, -0.2) is 30.1 Å². The van der Waals surface area contributed by atoms with E-state index in [0.29, 0.717) is 12.0 Å². The zero-order chi connectivity index (χ0) is 12.2. The lowest BCUT2D eigenvalue weighted by Gasteiger charge is -2.45. The topological polar surface area (TPSA) is 29.3 Å². The third-order valence-electron chi connectivity index (χ3n) is 3.94. The molecule has 0 saturated carbocycles. The van der Waals surface area contributed by atoms with Crippen molar-refractivity contribution in [2.24, 2.45) is 17.6 Å². The summed E-state index contributed by atoms with van der Waals surface area (Å²) in [6, 6.07) is 0.598. The van der Waals surface area contributed by atoms with Gasteiger partial charge < -0.3 is 5.73 Å². The smallest absolute Gasteiger partial charge is 0.0326 e. The van der Waals surface area contributed by atoms with Gasteiger partial charge in [0.15, 0.2) is 0 Å². The predicted molar refractivity (Wildman–Crippen MR) is 69.0 cm³/mol. The average Bonchev–Trinajstić information content (AvgIpc) is 2.13. The van der Waals surface area contributed by atoms with Crippen LogP contribution in [0.4, 0.5) is 0 Å². The molecule has 0 bridgehead atoms.